The number of ether oxygens (including phenoxy) is 2. The summed E-state index contributed by atoms with van der Waals surface area (Å²) in [6.07, 6.45) is 1.18. The Bertz CT molecular complexity index is 681. The average molecular weight is 412 g/mol. The van der Waals surface area contributed by atoms with Crippen molar-refractivity contribution >= 4 is 29.7 Å². The number of carbonyl (C=O) groups excluding carboxylic acids is 3. The number of carbonyl (C=O) groups is 3. The first kappa shape index (κ1) is 22.1. The molecular formula is C20H30N2O5S. The molecule has 0 saturated heterocycles. The van der Waals surface area contributed by atoms with Gasteiger partial charge >= 0.3 is 12.1 Å². The number of esters is 1. The van der Waals surface area contributed by atoms with E-state index in [1.807, 2.05) is 24.5 Å². The molecular weight excluding hydrogens is 380 g/mol. The molecule has 0 aliphatic heterocycles. The van der Waals surface area contributed by atoms with Gasteiger partial charge in [0.05, 0.1) is 0 Å². The Morgan fingerprint density at radius 1 is 1.21 bits per heavy atom. The summed E-state index contributed by atoms with van der Waals surface area (Å²) in [6.45, 7) is 6.69. The quantitative estimate of drug-likeness (QED) is 0.607. The van der Waals surface area contributed by atoms with Gasteiger partial charge in [0.25, 0.3) is 0 Å². The monoisotopic (exact) mass is 411 g/mol. The van der Waals surface area contributed by atoms with Gasteiger partial charge in [-0.1, -0.05) is 30.3 Å². The van der Waals surface area contributed by atoms with Crippen molar-refractivity contribution in [3.8, 4) is 0 Å². The Kier molecular flexibility index (Phi) is 9.13. The molecule has 156 valence electrons. The normalized spacial score (nSPS) is 13.7. The van der Waals surface area contributed by atoms with E-state index in [0.29, 0.717) is 11.1 Å². The predicted octanol–water partition coefficient (Wildman–Crippen LogP) is 2.88. The summed E-state index contributed by atoms with van der Waals surface area (Å²) >= 11 is 1.49. The third-order valence-electron chi connectivity index (χ3n) is 3.48. The Morgan fingerprint density at radius 2 is 1.86 bits per heavy atom. The number of thioether (sulfide) groups is 1. The average Bonchev–Trinajstić information content (AvgIpc) is 2.65. The highest BCUT2D eigenvalue weighted by Gasteiger charge is 2.27. The molecule has 2 amide bonds. The molecule has 0 bridgehead atoms. The van der Waals surface area contributed by atoms with Crippen LogP contribution in [0.2, 0.25) is 1.41 Å². The number of hydrogen-bond acceptors (Lipinski definition) is 6. The largest absolute Gasteiger partial charge is 0.458 e. The zero-order chi connectivity index (χ0) is 22.0. The van der Waals surface area contributed by atoms with Crippen LogP contribution in [0.15, 0.2) is 30.3 Å². The molecule has 2 N–H and O–H groups in total. The van der Waals surface area contributed by atoms with Gasteiger partial charge in [-0.05, 0) is 51.7 Å². The highest BCUT2D eigenvalue weighted by Crippen LogP contribution is 2.09. The first-order valence-electron chi connectivity index (χ1n) is 9.51. The van der Waals surface area contributed by atoms with E-state index >= 15 is 0 Å². The fraction of sp³-hybridized carbons (Fsp3) is 0.550. The van der Waals surface area contributed by atoms with Crippen LogP contribution in [0.4, 0.5) is 4.79 Å². The van der Waals surface area contributed by atoms with Crippen LogP contribution < -0.4 is 10.6 Å². The van der Waals surface area contributed by atoms with Crippen molar-refractivity contribution in [2.45, 2.75) is 58.4 Å². The Balaban J connectivity index is 2.73. The Morgan fingerprint density at radius 3 is 2.43 bits per heavy atom. The topological polar surface area (TPSA) is 93.7 Å². The van der Waals surface area contributed by atoms with E-state index in [1.165, 1.54) is 18.7 Å². The molecule has 0 aliphatic rings. The van der Waals surface area contributed by atoms with Crippen LogP contribution in [0.3, 0.4) is 0 Å². The van der Waals surface area contributed by atoms with Crippen molar-refractivity contribution in [2.75, 3.05) is 12.0 Å². The minimum absolute atomic E-state index is 0.000230. The summed E-state index contributed by atoms with van der Waals surface area (Å²) in [7, 11) is 0. The van der Waals surface area contributed by atoms with Gasteiger partial charge in [0.2, 0.25) is 5.91 Å². The summed E-state index contributed by atoms with van der Waals surface area (Å²) in [4.78, 5) is 37.0. The third kappa shape index (κ3) is 9.64. The summed E-state index contributed by atoms with van der Waals surface area (Å²) in [6, 6.07) is 7.06. The van der Waals surface area contributed by atoms with Gasteiger partial charge in [-0.25, -0.2) is 9.59 Å². The number of benzene rings is 1. The van der Waals surface area contributed by atoms with Crippen molar-refractivity contribution in [1.29, 1.82) is 0 Å². The van der Waals surface area contributed by atoms with Gasteiger partial charge in [-0.15, -0.1) is 0 Å². The molecule has 0 unspecified atom stereocenters. The third-order valence-corrected chi connectivity index (χ3v) is 4.13. The van der Waals surface area contributed by atoms with E-state index in [2.05, 4.69) is 5.32 Å². The lowest BCUT2D eigenvalue weighted by Gasteiger charge is -2.24. The summed E-state index contributed by atoms with van der Waals surface area (Å²) in [5.74, 6) is -0.637. The molecule has 0 heterocycles. The number of alkyl carbamates (subject to hydrolysis) is 1. The van der Waals surface area contributed by atoms with E-state index < -0.39 is 35.7 Å². The maximum Gasteiger partial charge on any atom is 0.408 e. The van der Waals surface area contributed by atoms with E-state index in [9.17, 15) is 14.4 Å². The SMILES string of the molecule is [2H]N(C(=O)OCc1ccccc1)[C@H](CCSC)C(=O)N[C@@H](C)C(=O)OC(C)(C)C. The fourth-order valence-corrected chi connectivity index (χ4v) is 2.59. The van der Waals surface area contributed by atoms with Crippen LogP contribution in [-0.4, -0.2) is 47.7 Å². The van der Waals surface area contributed by atoms with Crippen LogP contribution >= 0.6 is 11.8 Å². The number of nitrogens with one attached hydrogen (secondary N) is 2. The van der Waals surface area contributed by atoms with Gasteiger partial charge in [0.1, 0.15) is 24.3 Å². The van der Waals surface area contributed by atoms with Gasteiger partial charge in [0.15, 0.2) is 1.41 Å². The number of rotatable bonds is 9. The summed E-state index contributed by atoms with van der Waals surface area (Å²) < 4.78 is 18.5. The fourth-order valence-electron chi connectivity index (χ4n) is 2.13. The van der Waals surface area contributed by atoms with Crippen LogP contribution in [0.5, 0.6) is 0 Å². The number of amides is 2. The molecule has 0 fully saturated rings. The highest BCUT2D eigenvalue weighted by molar-refractivity contribution is 7.98. The van der Waals surface area contributed by atoms with Gasteiger partial charge < -0.3 is 20.1 Å². The van der Waals surface area contributed by atoms with Crippen LogP contribution in [0.1, 0.15) is 39.7 Å². The van der Waals surface area contributed by atoms with Crippen molar-refractivity contribution in [3.63, 3.8) is 0 Å². The molecule has 0 aromatic heterocycles. The van der Waals surface area contributed by atoms with E-state index in [1.54, 1.807) is 32.9 Å². The second kappa shape index (κ2) is 11.6. The Labute approximate surface area is 172 Å². The first-order chi connectivity index (χ1) is 13.5. The lowest BCUT2D eigenvalue weighted by Crippen LogP contribution is -2.51. The van der Waals surface area contributed by atoms with Crippen LogP contribution in [0.25, 0.3) is 0 Å². The van der Waals surface area contributed by atoms with Crippen LogP contribution in [-0.2, 0) is 25.7 Å². The maximum atomic E-state index is 12.7. The first-order valence-corrected chi connectivity index (χ1v) is 10.5. The minimum Gasteiger partial charge on any atom is -0.458 e. The molecule has 28 heavy (non-hydrogen) atoms. The minimum atomic E-state index is -1.09. The smallest absolute Gasteiger partial charge is 0.408 e. The van der Waals surface area contributed by atoms with Crippen molar-refractivity contribution in [1.82, 2.24) is 10.6 Å². The van der Waals surface area contributed by atoms with Gasteiger partial charge in [-0.2, -0.15) is 11.8 Å². The molecule has 1 aromatic carbocycles. The molecule has 0 aliphatic carbocycles. The summed E-state index contributed by atoms with van der Waals surface area (Å²) in [5, 5.41) is 3.05. The molecule has 1 rings (SSSR count). The van der Waals surface area contributed by atoms with Crippen LogP contribution in [0, 0.1) is 0 Å². The van der Waals surface area contributed by atoms with Gasteiger partial charge in [-0.3, -0.25) is 4.79 Å². The predicted molar refractivity (Wildman–Crippen MR) is 110 cm³/mol. The maximum absolute atomic E-state index is 12.7. The lowest BCUT2D eigenvalue weighted by atomic mass is 10.1. The van der Waals surface area contributed by atoms with Crippen molar-refractivity contribution in [2.24, 2.45) is 0 Å². The van der Waals surface area contributed by atoms with Gasteiger partial charge in [0, 0.05) is 0 Å². The zero-order valence-corrected chi connectivity index (χ0v) is 17.9. The Hall–Kier alpha value is -2.22. The van der Waals surface area contributed by atoms with Crippen molar-refractivity contribution < 1.29 is 25.3 Å². The second-order valence-electron chi connectivity index (χ2n) is 7.23. The van der Waals surface area contributed by atoms with E-state index in [0.717, 1.165) is 5.56 Å². The molecule has 0 radical (unpaired) electrons. The molecule has 2 atom stereocenters. The number of hydrogen-bond donors (Lipinski definition) is 2. The molecule has 7 nitrogen and oxygen atoms in total. The molecule has 0 saturated carbocycles. The zero-order valence-electron chi connectivity index (χ0n) is 18.1. The van der Waals surface area contributed by atoms with Crippen molar-refractivity contribution in [3.05, 3.63) is 35.9 Å². The van der Waals surface area contributed by atoms with E-state index in [4.69, 9.17) is 10.9 Å². The standard InChI is InChI=1S/C20H30N2O5S/c1-14(18(24)27-20(2,3)4)21-17(23)16(11-12-28-5)22-19(25)26-13-15-9-7-6-8-10-15/h6-10,14,16H,11-13H2,1-5H3,(H,21,23)(H,22,25)/t14-,16+/m0/s1/i/hD. The second-order valence-corrected chi connectivity index (χ2v) is 8.22. The molecule has 0 spiro atoms. The van der Waals surface area contributed by atoms with E-state index in [-0.39, 0.29) is 13.0 Å². The molecule has 8 heteroatoms. The highest BCUT2D eigenvalue weighted by atomic mass is 32.2. The summed E-state index contributed by atoms with van der Waals surface area (Å²) in [5.41, 5.74) is 0.0923. The lowest BCUT2D eigenvalue weighted by molar-refractivity contribution is -0.158. The molecule has 1 aromatic rings.